The molecule has 2 N–H and O–H groups in total. The summed E-state index contributed by atoms with van der Waals surface area (Å²) in [6.07, 6.45) is 0. The van der Waals surface area contributed by atoms with E-state index in [9.17, 15) is 19.7 Å². The number of esters is 1. The monoisotopic (exact) mass is 495 g/mol. The van der Waals surface area contributed by atoms with Crippen LogP contribution in [0.1, 0.15) is 18.5 Å². The van der Waals surface area contributed by atoms with Gasteiger partial charge in [-0.05, 0) is 36.8 Å². The first kappa shape index (κ1) is 25.0. The van der Waals surface area contributed by atoms with Crippen LogP contribution in [0.5, 0.6) is 5.75 Å². The van der Waals surface area contributed by atoms with Gasteiger partial charge in [0.15, 0.2) is 0 Å². The highest BCUT2D eigenvalue weighted by atomic mass is 16.6. The van der Waals surface area contributed by atoms with Crippen molar-refractivity contribution in [2.75, 3.05) is 51.3 Å². The van der Waals surface area contributed by atoms with Crippen LogP contribution in [-0.2, 0) is 9.53 Å². The molecule has 0 radical (unpaired) electrons. The lowest BCUT2D eigenvalue weighted by molar-refractivity contribution is -0.384. The lowest BCUT2D eigenvalue weighted by atomic mass is 9.94. The number of non-ortho nitro benzene ring substituents is 1. The zero-order valence-corrected chi connectivity index (χ0v) is 20.2. The Morgan fingerprint density at radius 3 is 2.33 bits per heavy atom. The molecule has 1 fully saturated rings. The summed E-state index contributed by atoms with van der Waals surface area (Å²) in [7, 11) is 1.57. The van der Waals surface area contributed by atoms with Crippen molar-refractivity contribution in [1.82, 2.24) is 15.5 Å². The maximum atomic E-state index is 13.0. The highest BCUT2D eigenvalue weighted by Gasteiger charge is 2.34. The minimum atomic E-state index is -0.653. The first-order valence-electron chi connectivity index (χ1n) is 11.7. The van der Waals surface area contributed by atoms with Crippen LogP contribution in [-0.4, -0.2) is 68.3 Å². The van der Waals surface area contributed by atoms with Crippen LogP contribution in [0.2, 0.25) is 0 Å². The van der Waals surface area contributed by atoms with Gasteiger partial charge >= 0.3 is 12.0 Å². The van der Waals surface area contributed by atoms with Gasteiger partial charge in [-0.3, -0.25) is 15.0 Å². The second-order valence-electron chi connectivity index (χ2n) is 8.45. The first-order valence-corrected chi connectivity index (χ1v) is 11.7. The quantitative estimate of drug-likeness (QED) is 0.325. The molecule has 2 amide bonds. The van der Waals surface area contributed by atoms with E-state index >= 15 is 0 Å². The van der Waals surface area contributed by atoms with Crippen molar-refractivity contribution in [3.8, 4) is 5.75 Å². The molecule has 2 aromatic carbocycles. The van der Waals surface area contributed by atoms with Crippen LogP contribution in [0, 0.1) is 10.1 Å². The fraction of sp³-hybridized carbons (Fsp3) is 0.360. The number of nitrogens with zero attached hydrogens (tertiary/aromatic N) is 3. The summed E-state index contributed by atoms with van der Waals surface area (Å²) < 4.78 is 10.6. The van der Waals surface area contributed by atoms with Gasteiger partial charge in [-0.25, -0.2) is 9.59 Å². The molecule has 1 atom stereocenters. The van der Waals surface area contributed by atoms with Crippen LogP contribution in [0.25, 0.3) is 0 Å². The third-order valence-electron chi connectivity index (χ3n) is 6.28. The van der Waals surface area contributed by atoms with Gasteiger partial charge in [0.1, 0.15) is 5.75 Å². The van der Waals surface area contributed by atoms with Crippen LogP contribution >= 0.6 is 0 Å². The molecule has 190 valence electrons. The zero-order chi connectivity index (χ0) is 25.7. The Hall–Kier alpha value is -4.12. The highest BCUT2D eigenvalue weighted by molar-refractivity contribution is 5.95. The Balaban J connectivity index is 1.52. The number of nitro groups is 1. The van der Waals surface area contributed by atoms with Crippen LogP contribution in [0.4, 0.5) is 16.2 Å². The van der Waals surface area contributed by atoms with E-state index in [1.54, 1.807) is 38.3 Å². The Bertz CT molecular complexity index is 1140. The van der Waals surface area contributed by atoms with Gasteiger partial charge in [0.25, 0.3) is 5.69 Å². The fourth-order valence-corrected chi connectivity index (χ4v) is 4.41. The number of carbonyl (C=O) groups is 2. The predicted octanol–water partition coefficient (Wildman–Crippen LogP) is 2.60. The van der Waals surface area contributed by atoms with E-state index in [0.717, 1.165) is 11.3 Å². The number of benzene rings is 2. The van der Waals surface area contributed by atoms with Gasteiger partial charge in [0.05, 0.1) is 30.3 Å². The minimum absolute atomic E-state index is 0.0591. The van der Waals surface area contributed by atoms with Gasteiger partial charge in [-0.15, -0.1) is 0 Å². The van der Waals surface area contributed by atoms with E-state index < -0.39 is 16.9 Å². The summed E-state index contributed by atoms with van der Waals surface area (Å²) in [6.45, 7) is 5.12. The van der Waals surface area contributed by atoms with Gasteiger partial charge in [0, 0.05) is 56.2 Å². The third kappa shape index (κ3) is 5.57. The Morgan fingerprint density at radius 1 is 1.08 bits per heavy atom. The van der Waals surface area contributed by atoms with Crippen molar-refractivity contribution in [2.45, 2.75) is 13.0 Å². The molecule has 0 saturated carbocycles. The largest absolute Gasteiger partial charge is 0.497 e. The summed E-state index contributed by atoms with van der Waals surface area (Å²) in [6, 6.07) is 12.7. The lowest BCUT2D eigenvalue weighted by Gasteiger charge is -2.38. The topological polar surface area (TPSA) is 126 Å². The summed E-state index contributed by atoms with van der Waals surface area (Å²) in [5.41, 5.74) is 2.61. The van der Waals surface area contributed by atoms with E-state index in [1.807, 2.05) is 12.1 Å². The smallest absolute Gasteiger partial charge is 0.338 e. The molecule has 0 spiro atoms. The van der Waals surface area contributed by atoms with Gasteiger partial charge in [-0.1, -0.05) is 12.1 Å². The number of piperazine rings is 1. The summed E-state index contributed by atoms with van der Waals surface area (Å²) in [5, 5.41) is 16.6. The molecule has 0 bridgehead atoms. The molecule has 2 aliphatic heterocycles. The van der Waals surface area contributed by atoms with Crippen molar-refractivity contribution in [2.24, 2.45) is 0 Å². The average Bonchev–Trinajstić information content (AvgIpc) is 2.89. The second kappa shape index (κ2) is 11.1. The van der Waals surface area contributed by atoms with Crippen LogP contribution in [0.15, 0.2) is 59.8 Å². The molecular formula is C25H29N5O6. The number of nitrogens with one attached hydrogen (secondary N) is 2. The van der Waals surface area contributed by atoms with Crippen LogP contribution < -0.4 is 20.3 Å². The molecule has 2 aromatic rings. The molecule has 0 unspecified atom stereocenters. The number of methoxy groups -OCH3 is 1. The average molecular weight is 496 g/mol. The molecular weight excluding hydrogens is 466 g/mol. The normalized spacial score (nSPS) is 18.3. The van der Waals surface area contributed by atoms with Crippen LogP contribution in [0.3, 0.4) is 0 Å². The molecule has 2 heterocycles. The molecule has 1 saturated heterocycles. The molecule has 2 aliphatic rings. The number of nitro benzene ring substituents is 1. The zero-order valence-electron chi connectivity index (χ0n) is 20.2. The first-order chi connectivity index (χ1) is 17.4. The molecule has 4 rings (SSSR count). The predicted molar refractivity (Wildman–Crippen MR) is 133 cm³/mol. The number of rotatable bonds is 8. The van der Waals surface area contributed by atoms with Crippen molar-refractivity contribution in [1.29, 1.82) is 0 Å². The second-order valence-corrected chi connectivity index (χ2v) is 8.45. The number of hydrogen-bond donors (Lipinski definition) is 2. The molecule has 11 nitrogen and oxygen atoms in total. The summed E-state index contributed by atoms with van der Waals surface area (Å²) in [4.78, 5) is 40.4. The number of anilines is 1. The fourth-order valence-electron chi connectivity index (χ4n) is 4.41. The standard InChI is InChI=1S/C25H29N5O6/c1-3-36-24(31)22-21(26-25(32)27-23(22)17-4-10-20(35-2)11-5-17)16-28-12-14-29(15-13-28)18-6-8-19(9-7-18)30(33)34/h4-11,23H,3,12-16H2,1-2H3,(H2,26,27,32)/t23-/m0/s1. The van der Waals surface area contributed by atoms with E-state index in [4.69, 9.17) is 9.47 Å². The summed E-state index contributed by atoms with van der Waals surface area (Å²) >= 11 is 0. The SMILES string of the molecule is CCOC(=O)C1=C(CN2CCN(c3ccc([N+](=O)[O-])cc3)CC2)NC(=O)N[C@H]1c1ccc(OC)cc1. The van der Waals surface area contributed by atoms with E-state index in [-0.39, 0.29) is 18.3 Å². The van der Waals surface area contributed by atoms with Gasteiger partial charge < -0.3 is 25.0 Å². The van der Waals surface area contributed by atoms with Gasteiger partial charge in [-0.2, -0.15) is 0 Å². The number of ether oxygens (including phenoxy) is 2. The van der Waals surface area contributed by atoms with Crippen molar-refractivity contribution in [3.05, 3.63) is 75.5 Å². The molecule has 36 heavy (non-hydrogen) atoms. The molecule has 11 heteroatoms. The maximum absolute atomic E-state index is 13.0. The van der Waals surface area contributed by atoms with Crippen molar-refractivity contribution < 1.29 is 24.0 Å². The Kier molecular flexibility index (Phi) is 7.69. The number of amides is 2. The summed E-state index contributed by atoms with van der Waals surface area (Å²) in [5.74, 6) is 0.192. The minimum Gasteiger partial charge on any atom is -0.497 e. The van der Waals surface area contributed by atoms with E-state index in [0.29, 0.717) is 49.7 Å². The maximum Gasteiger partial charge on any atom is 0.338 e. The lowest BCUT2D eigenvalue weighted by Crippen LogP contribution is -2.51. The molecule has 0 aliphatic carbocycles. The van der Waals surface area contributed by atoms with Gasteiger partial charge in [0.2, 0.25) is 0 Å². The number of carbonyl (C=O) groups excluding carboxylic acids is 2. The number of urea groups is 1. The number of hydrogen-bond acceptors (Lipinski definition) is 8. The molecule has 0 aromatic heterocycles. The van der Waals surface area contributed by atoms with Crippen molar-refractivity contribution in [3.63, 3.8) is 0 Å². The third-order valence-corrected chi connectivity index (χ3v) is 6.28. The Morgan fingerprint density at radius 2 is 1.75 bits per heavy atom. The van der Waals surface area contributed by atoms with E-state index in [1.165, 1.54) is 12.1 Å². The van der Waals surface area contributed by atoms with E-state index in [2.05, 4.69) is 20.4 Å². The highest BCUT2D eigenvalue weighted by Crippen LogP contribution is 2.30. The van der Waals surface area contributed by atoms with Crippen molar-refractivity contribution >= 4 is 23.4 Å². The Labute approximate surface area is 208 Å².